The van der Waals surface area contributed by atoms with Crippen LogP contribution in [0.1, 0.15) is 67.6 Å². The van der Waals surface area contributed by atoms with E-state index in [9.17, 15) is 24.4 Å². The summed E-state index contributed by atoms with van der Waals surface area (Å²) < 4.78 is 16.0. The quantitative estimate of drug-likeness (QED) is 0.233. The second kappa shape index (κ2) is 15.6. The fraction of sp³-hybridized carbons (Fsp3) is 0.424. The molecule has 0 bridgehead atoms. The Kier molecular flexibility index (Phi) is 11.9. The van der Waals surface area contributed by atoms with Crippen LogP contribution in [0.15, 0.2) is 48.2 Å². The number of ether oxygens (including phenoxy) is 3. The summed E-state index contributed by atoms with van der Waals surface area (Å²) in [5.74, 6) is -0.695. The van der Waals surface area contributed by atoms with Crippen molar-refractivity contribution in [2.24, 2.45) is 5.92 Å². The largest absolute Gasteiger partial charge is 0.491 e. The molecule has 0 spiro atoms. The Balaban J connectivity index is 1.51. The summed E-state index contributed by atoms with van der Waals surface area (Å²) >= 11 is 0. The van der Waals surface area contributed by atoms with Crippen molar-refractivity contribution in [3.8, 4) is 11.8 Å². The van der Waals surface area contributed by atoms with E-state index in [0.717, 1.165) is 24.8 Å². The maximum absolute atomic E-state index is 12.7. The summed E-state index contributed by atoms with van der Waals surface area (Å²) in [6.45, 7) is 8.47. The second-order valence-corrected chi connectivity index (χ2v) is 11.5. The molecular formula is C33H40N4O7. The Labute approximate surface area is 258 Å². The first-order valence-corrected chi connectivity index (χ1v) is 14.5. The SMILES string of the molecule is COC(=O)C(=Cc1ccc(C#N)cc1OCCNC(=O)c1ccc(CC2CCN(C(=O)OC(C)(C)C)CC2)cc1)NC(C)=O. The van der Waals surface area contributed by atoms with E-state index in [1.165, 1.54) is 26.2 Å². The molecule has 2 aromatic rings. The van der Waals surface area contributed by atoms with Crippen molar-refractivity contribution in [3.63, 3.8) is 0 Å². The molecule has 1 heterocycles. The molecule has 44 heavy (non-hydrogen) atoms. The van der Waals surface area contributed by atoms with Crippen LogP contribution in [0.25, 0.3) is 6.08 Å². The summed E-state index contributed by atoms with van der Waals surface area (Å²) in [4.78, 5) is 50.4. The second-order valence-electron chi connectivity index (χ2n) is 11.5. The average molecular weight is 605 g/mol. The van der Waals surface area contributed by atoms with Crippen LogP contribution in [0.4, 0.5) is 4.79 Å². The number of benzene rings is 2. The Morgan fingerprint density at radius 3 is 2.34 bits per heavy atom. The summed E-state index contributed by atoms with van der Waals surface area (Å²) in [5, 5.41) is 14.5. The Hall–Kier alpha value is -4.85. The van der Waals surface area contributed by atoms with Gasteiger partial charge < -0.3 is 29.7 Å². The van der Waals surface area contributed by atoms with Gasteiger partial charge in [-0.1, -0.05) is 12.1 Å². The monoisotopic (exact) mass is 604 g/mol. The Morgan fingerprint density at radius 1 is 1.07 bits per heavy atom. The molecule has 0 saturated carbocycles. The highest BCUT2D eigenvalue weighted by Crippen LogP contribution is 2.24. The van der Waals surface area contributed by atoms with Crippen LogP contribution in [0.3, 0.4) is 0 Å². The van der Waals surface area contributed by atoms with E-state index in [4.69, 9.17) is 14.2 Å². The Morgan fingerprint density at radius 2 is 1.75 bits per heavy atom. The molecule has 0 atom stereocenters. The van der Waals surface area contributed by atoms with Gasteiger partial charge in [0, 0.05) is 31.1 Å². The molecular weight excluding hydrogens is 564 g/mol. The number of nitrogens with zero attached hydrogens (tertiary/aromatic N) is 2. The highest BCUT2D eigenvalue weighted by molar-refractivity contribution is 5.98. The summed E-state index contributed by atoms with van der Waals surface area (Å²) in [6, 6.07) is 14.2. The summed E-state index contributed by atoms with van der Waals surface area (Å²) in [6.07, 6.45) is 3.80. The van der Waals surface area contributed by atoms with E-state index in [1.54, 1.807) is 29.2 Å². The number of amides is 3. The van der Waals surface area contributed by atoms with Crippen molar-refractivity contribution < 1.29 is 33.4 Å². The predicted octanol–water partition coefficient (Wildman–Crippen LogP) is 4.21. The number of rotatable bonds is 10. The molecule has 0 aromatic heterocycles. The van der Waals surface area contributed by atoms with E-state index in [1.807, 2.05) is 39.0 Å². The summed E-state index contributed by atoms with van der Waals surface area (Å²) in [5.41, 5.74) is 1.83. The first kappa shape index (κ1) is 33.6. The van der Waals surface area contributed by atoms with Crippen LogP contribution >= 0.6 is 0 Å². The number of likely N-dealkylation sites (tertiary alicyclic amines) is 1. The third kappa shape index (κ3) is 10.5. The minimum atomic E-state index is -0.739. The minimum absolute atomic E-state index is 0.0856. The molecule has 11 nitrogen and oxygen atoms in total. The normalized spacial score (nSPS) is 13.8. The fourth-order valence-electron chi connectivity index (χ4n) is 4.65. The van der Waals surface area contributed by atoms with Gasteiger partial charge in [-0.25, -0.2) is 9.59 Å². The smallest absolute Gasteiger partial charge is 0.410 e. The summed E-state index contributed by atoms with van der Waals surface area (Å²) in [7, 11) is 1.20. The zero-order valence-corrected chi connectivity index (χ0v) is 25.9. The van der Waals surface area contributed by atoms with E-state index in [-0.39, 0.29) is 30.8 Å². The molecule has 1 aliphatic rings. The Bertz CT molecular complexity index is 1410. The van der Waals surface area contributed by atoms with E-state index >= 15 is 0 Å². The first-order chi connectivity index (χ1) is 20.9. The molecule has 1 saturated heterocycles. The number of hydrogen-bond donors (Lipinski definition) is 2. The molecule has 11 heteroatoms. The number of piperidine rings is 1. The molecule has 234 valence electrons. The van der Waals surface area contributed by atoms with Gasteiger partial charge >= 0.3 is 12.1 Å². The lowest BCUT2D eigenvalue weighted by Gasteiger charge is -2.33. The topological polar surface area (TPSA) is 147 Å². The average Bonchev–Trinajstić information content (AvgIpc) is 2.98. The lowest BCUT2D eigenvalue weighted by molar-refractivity contribution is -0.137. The highest BCUT2D eigenvalue weighted by Gasteiger charge is 2.27. The van der Waals surface area contributed by atoms with Gasteiger partial charge in [0.2, 0.25) is 5.91 Å². The van der Waals surface area contributed by atoms with Gasteiger partial charge in [-0.2, -0.15) is 5.26 Å². The first-order valence-electron chi connectivity index (χ1n) is 14.5. The van der Waals surface area contributed by atoms with Gasteiger partial charge in [-0.15, -0.1) is 0 Å². The van der Waals surface area contributed by atoms with Crippen LogP contribution in [0, 0.1) is 17.2 Å². The minimum Gasteiger partial charge on any atom is -0.491 e. The van der Waals surface area contributed by atoms with E-state index < -0.39 is 17.5 Å². The van der Waals surface area contributed by atoms with Gasteiger partial charge in [0.15, 0.2) is 0 Å². The predicted molar refractivity (Wildman–Crippen MR) is 163 cm³/mol. The zero-order valence-electron chi connectivity index (χ0n) is 25.9. The number of methoxy groups -OCH3 is 1. The number of carbonyl (C=O) groups excluding carboxylic acids is 4. The van der Waals surface area contributed by atoms with Crippen LogP contribution < -0.4 is 15.4 Å². The lowest BCUT2D eigenvalue weighted by atomic mass is 9.90. The van der Waals surface area contributed by atoms with Crippen LogP contribution in [0.2, 0.25) is 0 Å². The van der Waals surface area contributed by atoms with Crippen LogP contribution in [-0.2, 0) is 25.5 Å². The van der Waals surface area contributed by atoms with E-state index in [2.05, 4.69) is 10.6 Å². The van der Waals surface area contributed by atoms with Gasteiger partial charge in [-0.05, 0) is 87.9 Å². The van der Waals surface area contributed by atoms with Crippen molar-refractivity contribution in [2.75, 3.05) is 33.4 Å². The van der Waals surface area contributed by atoms with Crippen LogP contribution in [0.5, 0.6) is 5.75 Å². The molecule has 1 fully saturated rings. The maximum atomic E-state index is 12.7. The van der Waals surface area contributed by atoms with Crippen molar-refractivity contribution >= 4 is 30.0 Å². The molecule has 0 radical (unpaired) electrons. The number of hydrogen-bond acceptors (Lipinski definition) is 8. The van der Waals surface area contributed by atoms with Gasteiger partial charge in [0.1, 0.15) is 23.7 Å². The highest BCUT2D eigenvalue weighted by atomic mass is 16.6. The van der Waals surface area contributed by atoms with Crippen molar-refractivity contribution in [3.05, 3.63) is 70.4 Å². The van der Waals surface area contributed by atoms with Crippen molar-refractivity contribution in [1.82, 2.24) is 15.5 Å². The van der Waals surface area contributed by atoms with E-state index in [0.29, 0.717) is 41.4 Å². The third-order valence-electron chi connectivity index (χ3n) is 6.81. The maximum Gasteiger partial charge on any atom is 0.410 e. The molecule has 1 aliphatic heterocycles. The zero-order chi connectivity index (χ0) is 32.3. The molecule has 2 aromatic carbocycles. The van der Waals surface area contributed by atoms with Crippen molar-refractivity contribution in [1.29, 1.82) is 5.26 Å². The lowest BCUT2D eigenvalue weighted by Crippen LogP contribution is -2.42. The molecule has 3 amide bonds. The number of carbonyl (C=O) groups is 4. The van der Waals surface area contributed by atoms with Crippen molar-refractivity contribution in [2.45, 2.75) is 52.6 Å². The third-order valence-corrected chi connectivity index (χ3v) is 6.81. The number of nitriles is 1. The number of esters is 1. The van der Waals surface area contributed by atoms with Gasteiger partial charge in [0.25, 0.3) is 5.91 Å². The van der Waals surface area contributed by atoms with Crippen LogP contribution in [-0.4, -0.2) is 67.7 Å². The standard InChI is InChI=1S/C33H40N4O7/c1-22(38)36-28(31(40)42-5)20-27-11-8-25(21-34)19-29(27)43-17-14-35-30(39)26-9-6-23(7-10-26)18-24-12-15-37(16-13-24)32(41)44-33(2,3)4/h6-11,19-20,24H,12-18H2,1-5H3,(H,35,39)(H,36,38). The molecule has 3 rings (SSSR count). The van der Waals surface area contributed by atoms with Gasteiger partial charge in [-0.3, -0.25) is 9.59 Å². The molecule has 0 aliphatic carbocycles. The fourth-order valence-corrected chi connectivity index (χ4v) is 4.65. The van der Waals surface area contributed by atoms with Gasteiger partial charge in [0.05, 0.1) is 25.3 Å². The molecule has 2 N–H and O–H groups in total. The number of nitrogens with one attached hydrogen (secondary N) is 2. The molecule has 0 unspecified atom stereocenters.